The summed E-state index contributed by atoms with van der Waals surface area (Å²) in [5.41, 5.74) is -0.548. The van der Waals surface area contributed by atoms with E-state index < -0.39 is 49.9 Å². The largest absolute Gasteiger partial charge is 0.450 e. The fourth-order valence-corrected chi connectivity index (χ4v) is 5.55. The van der Waals surface area contributed by atoms with Crippen molar-refractivity contribution >= 4 is 30.9 Å². The van der Waals surface area contributed by atoms with E-state index in [0.29, 0.717) is 6.61 Å². The third kappa shape index (κ3) is 8.65. The van der Waals surface area contributed by atoms with Crippen LogP contribution in [0.25, 0.3) is 11.0 Å². The van der Waals surface area contributed by atoms with Crippen molar-refractivity contribution in [1.82, 2.24) is 9.55 Å². The van der Waals surface area contributed by atoms with Gasteiger partial charge in [-0.1, -0.05) is 50.0 Å². The number of pyridine rings is 1. The van der Waals surface area contributed by atoms with Crippen LogP contribution in [0.15, 0.2) is 60.9 Å². The molecule has 9 nitrogen and oxygen atoms in total. The van der Waals surface area contributed by atoms with Crippen molar-refractivity contribution in [2.24, 2.45) is 0 Å². The quantitative estimate of drug-likeness (QED) is 0.0871. The maximum Gasteiger partial charge on any atom is 0.411 e. The molecule has 1 amide bonds. The van der Waals surface area contributed by atoms with E-state index in [1.807, 2.05) is 0 Å². The lowest BCUT2D eigenvalue weighted by Crippen LogP contribution is -2.50. The normalized spacial score (nSPS) is 14.6. The van der Waals surface area contributed by atoms with Crippen LogP contribution in [0.1, 0.15) is 11.1 Å². The zero-order valence-corrected chi connectivity index (χ0v) is 27.0. The van der Waals surface area contributed by atoms with Gasteiger partial charge in [0, 0.05) is 44.8 Å². The first-order valence-electron chi connectivity index (χ1n) is 14.7. The predicted molar refractivity (Wildman–Crippen MR) is 165 cm³/mol. The third-order valence-electron chi connectivity index (χ3n) is 7.29. The third-order valence-corrected chi connectivity index (χ3v) is 8.99. The molecule has 0 atom stereocenters. The summed E-state index contributed by atoms with van der Waals surface area (Å²) in [4.78, 5) is 16.6. The Morgan fingerprint density at radius 1 is 1.09 bits per heavy atom. The molecule has 2 aromatic heterocycles. The Hall–Kier alpha value is -4.05. The SMILES string of the molecule is C[Si](C)(C)CCOCn1cc(C2(OCC(F)(F)F)COC2)c2c(Oc3c(F)cc(NC(=O)OCc4ccccc4)cc3F)ccnc21. The molecule has 1 N–H and O–H groups in total. The van der Waals surface area contributed by atoms with Gasteiger partial charge in [-0.05, 0) is 17.7 Å². The molecule has 15 heteroatoms. The van der Waals surface area contributed by atoms with Crippen molar-refractivity contribution in [3.05, 3.63) is 83.7 Å². The number of nitrogens with one attached hydrogen (secondary N) is 1. The van der Waals surface area contributed by atoms with E-state index in [1.165, 1.54) is 12.3 Å². The molecule has 0 aliphatic carbocycles. The average molecular weight is 680 g/mol. The van der Waals surface area contributed by atoms with Crippen LogP contribution in [0.5, 0.6) is 11.5 Å². The second-order valence-electron chi connectivity index (χ2n) is 12.3. The monoisotopic (exact) mass is 679 g/mol. The van der Waals surface area contributed by atoms with E-state index in [1.54, 1.807) is 41.1 Å². The summed E-state index contributed by atoms with van der Waals surface area (Å²) in [6.45, 7) is 5.06. The molecule has 0 saturated carbocycles. The van der Waals surface area contributed by atoms with Crippen LogP contribution < -0.4 is 10.1 Å². The summed E-state index contributed by atoms with van der Waals surface area (Å²) < 4.78 is 99.3. The minimum Gasteiger partial charge on any atom is -0.450 e. The fraction of sp³-hybridized carbons (Fsp3) is 0.375. The summed E-state index contributed by atoms with van der Waals surface area (Å²) >= 11 is 0. The van der Waals surface area contributed by atoms with Crippen molar-refractivity contribution in [2.75, 3.05) is 31.7 Å². The molecule has 0 radical (unpaired) electrons. The number of carbonyl (C=O) groups excluding carboxylic acids is 1. The fourth-order valence-electron chi connectivity index (χ4n) is 4.80. The molecule has 252 valence electrons. The molecule has 4 aromatic rings. The van der Waals surface area contributed by atoms with Crippen molar-refractivity contribution < 1.29 is 50.4 Å². The first-order valence-corrected chi connectivity index (χ1v) is 18.4. The number of rotatable bonds is 13. The number of amides is 1. The Bertz CT molecular complexity index is 1680. The minimum atomic E-state index is -4.62. The molecule has 0 unspecified atom stereocenters. The molecule has 47 heavy (non-hydrogen) atoms. The molecule has 1 fully saturated rings. The lowest BCUT2D eigenvalue weighted by Gasteiger charge is -2.41. The summed E-state index contributed by atoms with van der Waals surface area (Å²) in [6.07, 6.45) is -2.66. The number of benzene rings is 2. The van der Waals surface area contributed by atoms with E-state index in [2.05, 4.69) is 29.9 Å². The maximum absolute atomic E-state index is 15.3. The van der Waals surface area contributed by atoms with E-state index in [9.17, 15) is 18.0 Å². The Labute approximate surface area is 268 Å². The molecule has 0 bridgehead atoms. The van der Waals surface area contributed by atoms with Gasteiger partial charge < -0.3 is 28.3 Å². The number of carbonyl (C=O) groups is 1. The van der Waals surface area contributed by atoms with E-state index in [0.717, 1.165) is 23.7 Å². The van der Waals surface area contributed by atoms with Crippen molar-refractivity contribution in [2.45, 2.75) is 50.8 Å². The number of aromatic nitrogens is 2. The molecule has 0 spiro atoms. The number of hydrogen-bond donors (Lipinski definition) is 1. The van der Waals surface area contributed by atoms with Gasteiger partial charge in [-0.25, -0.2) is 18.6 Å². The molecular weight excluding hydrogens is 645 g/mol. The van der Waals surface area contributed by atoms with Gasteiger partial charge in [0.1, 0.15) is 36.9 Å². The summed E-state index contributed by atoms with van der Waals surface area (Å²) in [7, 11) is -1.41. The van der Waals surface area contributed by atoms with Gasteiger partial charge in [-0.15, -0.1) is 0 Å². The topological polar surface area (TPSA) is 93.1 Å². The number of alkyl halides is 3. The van der Waals surface area contributed by atoms with Gasteiger partial charge in [0.25, 0.3) is 0 Å². The van der Waals surface area contributed by atoms with Gasteiger partial charge >= 0.3 is 12.3 Å². The Balaban J connectivity index is 1.43. The zero-order valence-electron chi connectivity index (χ0n) is 26.0. The number of nitrogens with zero attached hydrogens (tertiary/aromatic N) is 2. The van der Waals surface area contributed by atoms with Gasteiger partial charge in [0.2, 0.25) is 0 Å². The zero-order chi connectivity index (χ0) is 33.8. The van der Waals surface area contributed by atoms with Gasteiger partial charge in [-0.2, -0.15) is 13.2 Å². The number of halogens is 5. The Kier molecular flexibility index (Phi) is 10.2. The van der Waals surface area contributed by atoms with Crippen LogP contribution >= 0.6 is 0 Å². The molecule has 2 aromatic carbocycles. The number of ether oxygens (including phenoxy) is 5. The second kappa shape index (κ2) is 14.0. The van der Waals surface area contributed by atoms with Crippen LogP contribution in [0.2, 0.25) is 25.7 Å². The molecule has 3 heterocycles. The van der Waals surface area contributed by atoms with Crippen LogP contribution in [0.3, 0.4) is 0 Å². The van der Waals surface area contributed by atoms with Crippen LogP contribution in [-0.4, -0.2) is 56.3 Å². The number of fused-ring (bicyclic) bond motifs is 1. The van der Waals surface area contributed by atoms with Crippen molar-refractivity contribution in [3.8, 4) is 11.5 Å². The highest BCUT2D eigenvalue weighted by atomic mass is 28.3. The van der Waals surface area contributed by atoms with E-state index >= 15 is 8.78 Å². The average Bonchev–Trinajstić information content (AvgIpc) is 3.34. The molecule has 1 aliphatic rings. The lowest BCUT2D eigenvalue weighted by molar-refractivity contribution is -0.267. The molecule has 1 aliphatic heterocycles. The Morgan fingerprint density at radius 2 is 1.79 bits per heavy atom. The highest BCUT2D eigenvalue weighted by Gasteiger charge is 2.47. The predicted octanol–water partition coefficient (Wildman–Crippen LogP) is 7.97. The minimum absolute atomic E-state index is 0.0110. The van der Waals surface area contributed by atoms with E-state index in [-0.39, 0.29) is 54.6 Å². The summed E-state index contributed by atoms with van der Waals surface area (Å²) in [5.74, 6) is -3.20. The van der Waals surface area contributed by atoms with Gasteiger partial charge in [0.05, 0.1) is 24.3 Å². The molecular formula is C32H34F5N3O6Si. The van der Waals surface area contributed by atoms with Crippen LogP contribution in [0.4, 0.5) is 32.4 Å². The van der Waals surface area contributed by atoms with Gasteiger partial charge in [-0.3, -0.25) is 5.32 Å². The molecule has 5 rings (SSSR count). The summed E-state index contributed by atoms with van der Waals surface area (Å²) in [6, 6.07) is 12.8. The molecule has 1 saturated heterocycles. The second-order valence-corrected chi connectivity index (χ2v) is 17.9. The standard InChI is InChI=1S/C32H34F5N3O6Si/c1-47(2,3)12-11-42-20-40-15-23(31(17-43-18-31)45-19-32(35,36)37)27-26(9-10-38-29(27)40)46-28-24(33)13-22(14-25(28)34)39-30(41)44-16-21-7-5-4-6-8-21/h4-10,13-15H,11-12,16-20H2,1-3H3,(H,39,41). The van der Waals surface area contributed by atoms with Crippen molar-refractivity contribution in [3.63, 3.8) is 0 Å². The first-order chi connectivity index (χ1) is 22.2. The van der Waals surface area contributed by atoms with Crippen molar-refractivity contribution in [1.29, 1.82) is 0 Å². The first kappa shape index (κ1) is 34.3. The highest BCUT2D eigenvalue weighted by Crippen LogP contribution is 2.44. The summed E-state index contributed by atoms with van der Waals surface area (Å²) in [5, 5.41) is 2.46. The number of hydrogen-bond acceptors (Lipinski definition) is 7. The van der Waals surface area contributed by atoms with Crippen LogP contribution in [0, 0.1) is 11.6 Å². The lowest BCUT2D eigenvalue weighted by atomic mass is 9.91. The Morgan fingerprint density at radius 3 is 2.40 bits per heavy atom. The maximum atomic E-state index is 15.3. The number of anilines is 1. The van der Waals surface area contributed by atoms with Gasteiger partial charge in [0.15, 0.2) is 17.4 Å². The smallest absolute Gasteiger partial charge is 0.411 e. The highest BCUT2D eigenvalue weighted by molar-refractivity contribution is 6.76. The van der Waals surface area contributed by atoms with E-state index in [4.69, 9.17) is 23.7 Å². The van der Waals surface area contributed by atoms with Crippen LogP contribution in [-0.2, 0) is 37.9 Å².